The fraction of sp³-hybridized carbons (Fsp3) is 0.312. The van der Waals surface area contributed by atoms with Crippen LogP contribution in [0.2, 0.25) is 0 Å². The number of amides is 1. The quantitative estimate of drug-likeness (QED) is 0.848. The van der Waals surface area contributed by atoms with Crippen molar-refractivity contribution in [2.75, 3.05) is 6.54 Å². The monoisotopic (exact) mass is 273 g/mol. The van der Waals surface area contributed by atoms with Gasteiger partial charge in [0.25, 0.3) is 5.91 Å². The number of carbonyl (C=O) groups excluding carboxylic acids is 1. The largest absolute Gasteiger partial charge is 0.351 e. The van der Waals surface area contributed by atoms with Gasteiger partial charge < -0.3 is 5.32 Å². The topological polar surface area (TPSA) is 29.1 Å². The van der Waals surface area contributed by atoms with Gasteiger partial charge >= 0.3 is 0 Å². The van der Waals surface area contributed by atoms with E-state index in [0.29, 0.717) is 12.5 Å². The Kier molecular flexibility index (Phi) is 3.43. The number of hydrogen-bond donors (Lipinski definition) is 1. The Labute approximate surface area is 117 Å². The first-order chi connectivity index (χ1) is 9.25. The van der Waals surface area contributed by atoms with Gasteiger partial charge in [-0.15, -0.1) is 11.6 Å². The molecule has 0 spiro atoms. The Morgan fingerprint density at radius 3 is 2.74 bits per heavy atom. The summed E-state index contributed by atoms with van der Waals surface area (Å²) in [6.07, 6.45) is 2.39. The van der Waals surface area contributed by atoms with E-state index in [1.54, 1.807) is 0 Å². The van der Waals surface area contributed by atoms with Crippen molar-refractivity contribution < 1.29 is 4.79 Å². The number of rotatable bonds is 4. The lowest BCUT2D eigenvalue weighted by Gasteiger charge is -2.11. The average Bonchev–Trinajstić information content (AvgIpc) is 3.28. The molecule has 0 saturated heterocycles. The molecule has 0 aliphatic heterocycles. The van der Waals surface area contributed by atoms with Crippen molar-refractivity contribution >= 4 is 28.3 Å². The molecule has 1 amide bonds. The molecule has 2 aromatic carbocycles. The summed E-state index contributed by atoms with van der Waals surface area (Å²) in [6, 6.07) is 13.7. The first kappa shape index (κ1) is 12.5. The van der Waals surface area contributed by atoms with Gasteiger partial charge in [-0.2, -0.15) is 0 Å². The van der Waals surface area contributed by atoms with Gasteiger partial charge in [-0.25, -0.2) is 0 Å². The Morgan fingerprint density at radius 1 is 1.21 bits per heavy atom. The molecule has 0 aromatic heterocycles. The summed E-state index contributed by atoms with van der Waals surface area (Å²) in [5.74, 6) is 0.553. The number of halogens is 1. The standard InChI is InChI=1S/C16H16ClNO/c17-15(12-8-9-12)10-18-16(19)14-7-3-5-11-4-1-2-6-13(11)14/h1-7,12,15H,8-10H2,(H,18,19). The van der Waals surface area contributed by atoms with Crippen molar-refractivity contribution in [3.05, 3.63) is 48.0 Å². The van der Waals surface area contributed by atoms with Crippen LogP contribution < -0.4 is 5.32 Å². The first-order valence-electron chi connectivity index (χ1n) is 6.66. The molecule has 1 atom stereocenters. The van der Waals surface area contributed by atoms with E-state index in [2.05, 4.69) is 5.32 Å². The number of hydrogen-bond acceptors (Lipinski definition) is 1. The molecule has 19 heavy (non-hydrogen) atoms. The van der Waals surface area contributed by atoms with Crippen LogP contribution in [-0.2, 0) is 0 Å². The summed E-state index contributed by atoms with van der Waals surface area (Å²) in [6.45, 7) is 0.550. The lowest BCUT2D eigenvalue weighted by molar-refractivity contribution is 0.0954. The average molecular weight is 274 g/mol. The van der Waals surface area contributed by atoms with Crippen LogP contribution in [0, 0.1) is 5.92 Å². The highest BCUT2D eigenvalue weighted by Crippen LogP contribution is 2.35. The fourth-order valence-corrected chi connectivity index (χ4v) is 2.66. The lowest BCUT2D eigenvalue weighted by atomic mass is 10.0. The maximum Gasteiger partial charge on any atom is 0.251 e. The minimum Gasteiger partial charge on any atom is -0.351 e. The fourth-order valence-electron chi connectivity index (χ4n) is 2.33. The van der Waals surface area contributed by atoms with Crippen LogP contribution in [0.25, 0.3) is 10.8 Å². The van der Waals surface area contributed by atoms with E-state index >= 15 is 0 Å². The third-order valence-corrected chi connectivity index (χ3v) is 4.14. The van der Waals surface area contributed by atoms with Crippen LogP contribution >= 0.6 is 11.6 Å². The highest BCUT2D eigenvalue weighted by molar-refractivity contribution is 6.21. The van der Waals surface area contributed by atoms with Crippen molar-refractivity contribution in [2.45, 2.75) is 18.2 Å². The zero-order valence-electron chi connectivity index (χ0n) is 10.6. The predicted octanol–water partition coefficient (Wildman–Crippen LogP) is 3.59. The highest BCUT2D eigenvalue weighted by atomic mass is 35.5. The van der Waals surface area contributed by atoms with Gasteiger partial charge in [0.2, 0.25) is 0 Å². The molecule has 2 nitrogen and oxygen atoms in total. The predicted molar refractivity (Wildman–Crippen MR) is 78.6 cm³/mol. The number of nitrogens with one attached hydrogen (secondary N) is 1. The van der Waals surface area contributed by atoms with Gasteiger partial charge in [-0.05, 0) is 35.6 Å². The maximum atomic E-state index is 12.2. The summed E-state index contributed by atoms with van der Waals surface area (Å²) in [5.41, 5.74) is 0.720. The summed E-state index contributed by atoms with van der Waals surface area (Å²) in [5, 5.41) is 5.08. The molecule has 0 radical (unpaired) electrons. The van der Waals surface area contributed by atoms with Gasteiger partial charge in [-0.3, -0.25) is 4.79 Å². The molecular weight excluding hydrogens is 258 g/mol. The van der Waals surface area contributed by atoms with Crippen LogP contribution in [0.5, 0.6) is 0 Å². The van der Waals surface area contributed by atoms with Crippen LogP contribution in [-0.4, -0.2) is 17.8 Å². The molecule has 1 aliphatic rings. The van der Waals surface area contributed by atoms with Crippen molar-refractivity contribution in [3.63, 3.8) is 0 Å². The molecule has 0 bridgehead atoms. The maximum absolute atomic E-state index is 12.2. The Hall–Kier alpha value is -1.54. The van der Waals surface area contributed by atoms with Crippen LogP contribution in [0.4, 0.5) is 0 Å². The van der Waals surface area contributed by atoms with Crippen LogP contribution in [0.3, 0.4) is 0 Å². The summed E-state index contributed by atoms with van der Waals surface area (Å²) in [4.78, 5) is 12.2. The number of carbonyl (C=O) groups is 1. The second-order valence-electron chi connectivity index (χ2n) is 5.09. The number of alkyl halides is 1. The molecule has 1 unspecified atom stereocenters. The van der Waals surface area contributed by atoms with Crippen molar-refractivity contribution in [2.24, 2.45) is 5.92 Å². The minimum absolute atomic E-state index is 0.0388. The molecule has 1 N–H and O–H groups in total. The molecule has 2 aromatic rings. The molecule has 1 saturated carbocycles. The Morgan fingerprint density at radius 2 is 1.95 bits per heavy atom. The van der Waals surface area contributed by atoms with Crippen molar-refractivity contribution in [3.8, 4) is 0 Å². The molecule has 1 fully saturated rings. The molecular formula is C16H16ClNO. The summed E-state index contributed by atoms with van der Waals surface area (Å²) in [7, 11) is 0. The molecule has 0 heterocycles. The second kappa shape index (κ2) is 5.22. The molecule has 1 aliphatic carbocycles. The van der Waals surface area contributed by atoms with E-state index in [-0.39, 0.29) is 11.3 Å². The molecule has 3 rings (SSSR count). The van der Waals surface area contributed by atoms with Crippen LogP contribution in [0.1, 0.15) is 23.2 Å². The van der Waals surface area contributed by atoms with E-state index in [9.17, 15) is 4.79 Å². The SMILES string of the molecule is O=C(NCC(Cl)C1CC1)c1cccc2ccccc12. The van der Waals surface area contributed by atoms with Gasteiger partial charge in [0.1, 0.15) is 0 Å². The van der Waals surface area contributed by atoms with E-state index in [1.165, 1.54) is 12.8 Å². The third-order valence-electron chi connectivity index (χ3n) is 3.63. The summed E-state index contributed by atoms with van der Waals surface area (Å²) >= 11 is 6.21. The van der Waals surface area contributed by atoms with Gasteiger partial charge in [-0.1, -0.05) is 36.4 Å². The van der Waals surface area contributed by atoms with Crippen molar-refractivity contribution in [1.29, 1.82) is 0 Å². The van der Waals surface area contributed by atoms with Crippen LogP contribution in [0.15, 0.2) is 42.5 Å². The highest BCUT2D eigenvalue weighted by Gasteiger charge is 2.29. The van der Waals surface area contributed by atoms with Gasteiger partial charge in [0.15, 0.2) is 0 Å². The molecule has 98 valence electrons. The molecule has 3 heteroatoms. The number of fused-ring (bicyclic) bond motifs is 1. The lowest BCUT2D eigenvalue weighted by Crippen LogP contribution is -2.30. The van der Waals surface area contributed by atoms with Crippen molar-refractivity contribution in [1.82, 2.24) is 5.32 Å². The summed E-state index contributed by atoms with van der Waals surface area (Å²) < 4.78 is 0. The van der Waals surface area contributed by atoms with E-state index in [1.807, 2.05) is 42.5 Å². The smallest absolute Gasteiger partial charge is 0.251 e. The van der Waals surface area contributed by atoms with Gasteiger partial charge in [0.05, 0.1) is 5.38 Å². The number of benzene rings is 2. The van der Waals surface area contributed by atoms with E-state index in [4.69, 9.17) is 11.6 Å². The first-order valence-corrected chi connectivity index (χ1v) is 7.09. The second-order valence-corrected chi connectivity index (χ2v) is 5.65. The Balaban J connectivity index is 1.77. The zero-order chi connectivity index (χ0) is 13.2. The Bertz CT molecular complexity index is 601. The van der Waals surface area contributed by atoms with E-state index < -0.39 is 0 Å². The normalized spacial score (nSPS) is 16.3. The zero-order valence-corrected chi connectivity index (χ0v) is 11.4. The van der Waals surface area contributed by atoms with Gasteiger partial charge in [0, 0.05) is 12.1 Å². The third kappa shape index (κ3) is 2.74. The van der Waals surface area contributed by atoms with E-state index in [0.717, 1.165) is 16.3 Å². The minimum atomic E-state index is -0.0388.